The molecule has 1 aromatic rings. The van der Waals surface area contributed by atoms with Crippen LogP contribution in [0.15, 0.2) is 12.1 Å². The van der Waals surface area contributed by atoms with Crippen LogP contribution in [0.1, 0.15) is 74.1 Å². The monoisotopic (exact) mass is 350 g/mol. The Morgan fingerprint density at radius 3 is 2.12 bits per heavy atom. The Morgan fingerprint density at radius 2 is 1.65 bits per heavy atom. The first kappa shape index (κ1) is 18.6. The van der Waals surface area contributed by atoms with E-state index < -0.39 is 5.92 Å². The number of hydrogen-bond acceptors (Lipinski definition) is 3. The number of aryl methyl sites for hydroxylation is 2. The van der Waals surface area contributed by atoms with Crippen LogP contribution >= 0.6 is 0 Å². The summed E-state index contributed by atoms with van der Waals surface area (Å²) in [5.74, 6) is 5.63. The third-order valence-electron chi connectivity index (χ3n) is 6.06. The van der Waals surface area contributed by atoms with Crippen molar-refractivity contribution in [1.29, 1.82) is 0 Å². The summed E-state index contributed by atoms with van der Waals surface area (Å²) < 4.78 is 0. The molecule has 26 heavy (non-hydrogen) atoms. The van der Waals surface area contributed by atoms with Gasteiger partial charge in [0, 0.05) is 30.7 Å². The van der Waals surface area contributed by atoms with E-state index in [0.29, 0.717) is 32.1 Å². The van der Waals surface area contributed by atoms with Crippen LogP contribution in [0.2, 0.25) is 0 Å². The average Bonchev–Trinajstić information content (AvgIpc) is 2.53. The molecule has 0 atom stereocenters. The minimum atomic E-state index is -0.648. The van der Waals surface area contributed by atoms with E-state index >= 15 is 0 Å². The molecule has 0 aromatic heterocycles. The van der Waals surface area contributed by atoms with Crippen molar-refractivity contribution >= 4 is 17.3 Å². The summed E-state index contributed by atoms with van der Waals surface area (Å²) in [5, 5.41) is 0. The number of carbonyl (C=O) groups is 3. The summed E-state index contributed by atoms with van der Waals surface area (Å²) in [7, 11) is 0. The lowest BCUT2D eigenvalue weighted by Gasteiger charge is -2.49. The van der Waals surface area contributed by atoms with Gasteiger partial charge in [-0.1, -0.05) is 12.8 Å². The van der Waals surface area contributed by atoms with Crippen LogP contribution in [-0.4, -0.2) is 17.3 Å². The molecule has 1 aromatic carbocycles. The van der Waals surface area contributed by atoms with Crippen LogP contribution in [0.5, 0.6) is 0 Å². The number of rotatable bonds is 3. The third-order valence-corrected chi connectivity index (χ3v) is 6.06. The van der Waals surface area contributed by atoms with Crippen molar-refractivity contribution in [1.82, 2.24) is 0 Å². The van der Waals surface area contributed by atoms with Gasteiger partial charge in [-0.25, -0.2) is 0 Å². The molecule has 3 rings (SSSR count). The number of carbonyl (C=O) groups excluding carboxylic acids is 3. The molecule has 0 bridgehead atoms. The highest BCUT2D eigenvalue weighted by Crippen LogP contribution is 2.55. The van der Waals surface area contributed by atoms with E-state index in [1.807, 2.05) is 32.9 Å². The highest BCUT2D eigenvalue weighted by molar-refractivity contribution is 6.11. The fourth-order valence-corrected chi connectivity index (χ4v) is 4.94. The van der Waals surface area contributed by atoms with E-state index in [4.69, 9.17) is 0 Å². The predicted octanol–water partition coefficient (Wildman–Crippen LogP) is 4.07. The van der Waals surface area contributed by atoms with E-state index in [2.05, 4.69) is 11.8 Å². The van der Waals surface area contributed by atoms with Gasteiger partial charge in [-0.15, -0.1) is 5.92 Å². The molecule has 2 aliphatic carbocycles. The second-order valence-corrected chi connectivity index (χ2v) is 8.04. The first-order chi connectivity index (χ1) is 12.3. The highest BCUT2D eigenvalue weighted by atomic mass is 16.2. The Hall–Kier alpha value is -2.21. The molecule has 0 radical (unpaired) electrons. The molecule has 0 unspecified atom stereocenters. The van der Waals surface area contributed by atoms with Crippen LogP contribution in [0.3, 0.4) is 0 Å². The van der Waals surface area contributed by atoms with Gasteiger partial charge >= 0.3 is 0 Å². The lowest BCUT2D eigenvalue weighted by Crippen LogP contribution is -2.49. The minimum absolute atomic E-state index is 0.0178. The molecule has 0 N–H and O–H groups in total. The van der Waals surface area contributed by atoms with Gasteiger partial charge in [-0.3, -0.25) is 14.4 Å². The molecule has 0 heterocycles. The SMILES string of the molecule is CC#Cc1cc(C)c(C2C(=O)CC3(CC2=O)CC(C(=O)CC)C3)c(C)c1. The van der Waals surface area contributed by atoms with Crippen molar-refractivity contribution in [2.75, 3.05) is 0 Å². The van der Waals surface area contributed by atoms with Gasteiger partial charge in [-0.05, 0) is 67.9 Å². The summed E-state index contributed by atoms with van der Waals surface area (Å²) in [6.07, 6.45) is 2.79. The smallest absolute Gasteiger partial charge is 0.148 e. The Kier molecular flexibility index (Phi) is 4.88. The van der Waals surface area contributed by atoms with E-state index in [0.717, 1.165) is 22.3 Å². The van der Waals surface area contributed by atoms with Crippen LogP contribution in [0.4, 0.5) is 0 Å². The van der Waals surface area contributed by atoms with Gasteiger partial charge in [0.15, 0.2) is 0 Å². The summed E-state index contributed by atoms with van der Waals surface area (Å²) in [4.78, 5) is 37.7. The van der Waals surface area contributed by atoms with Crippen LogP contribution in [0, 0.1) is 37.0 Å². The number of ketones is 3. The van der Waals surface area contributed by atoms with Gasteiger partial charge in [0.05, 0.1) is 0 Å². The van der Waals surface area contributed by atoms with Crippen molar-refractivity contribution in [3.63, 3.8) is 0 Å². The maximum absolute atomic E-state index is 12.9. The zero-order valence-electron chi connectivity index (χ0n) is 16.1. The second kappa shape index (κ2) is 6.83. The molecule has 2 aliphatic rings. The number of hydrogen-bond donors (Lipinski definition) is 0. The van der Waals surface area contributed by atoms with Crippen molar-refractivity contribution < 1.29 is 14.4 Å². The Morgan fingerprint density at radius 1 is 1.12 bits per heavy atom. The topological polar surface area (TPSA) is 51.2 Å². The molecular weight excluding hydrogens is 324 g/mol. The molecular formula is C23H26O3. The van der Waals surface area contributed by atoms with Gasteiger partial charge in [0.1, 0.15) is 23.3 Å². The van der Waals surface area contributed by atoms with Gasteiger partial charge < -0.3 is 0 Å². The molecule has 0 amide bonds. The van der Waals surface area contributed by atoms with Gasteiger partial charge in [-0.2, -0.15) is 0 Å². The Balaban J connectivity index is 1.84. The fourth-order valence-electron chi connectivity index (χ4n) is 4.94. The van der Waals surface area contributed by atoms with Crippen molar-refractivity contribution in [2.45, 2.75) is 65.7 Å². The first-order valence-corrected chi connectivity index (χ1v) is 9.42. The molecule has 136 valence electrons. The zero-order chi connectivity index (χ0) is 19.1. The Labute approximate surface area is 155 Å². The van der Waals surface area contributed by atoms with E-state index in [9.17, 15) is 14.4 Å². The van der Waals surface area contributed by atoms with Crippen LogP contribution in [0.25, 0.3) is 0 Å². The molecule has 2 fully saturated rings. The largest absolute Gasteiger partial charge is 0.299 e. The molecule has 1 spiro atoms. The third kappa shape index (κ3) is 3.14. The standard InChI is InChI=1S/C23H26O3/c1-5-7-16-8-14(3)21(15(4)9-16)22-19(25)12-23(13-20(22)26)10-17(11-23)18(24)6-2/h8-9,17,22H,6,10-13H2,1-4H3. The van der Waals surface area contributed by atoms with Gasteiger partial charge in [0.2, 0.25) is 0 Å². The lowest BCUT2D eigenvalue weighted by molar-refractivity contribution is -0.146. The van der Waals surface area contributed by atoms with Crippen molar-refractivity contribution in [3.05, 3.63) is 34.4 Å². The molecule has 0 aliphatic heterocycles. The molecule has 3 nitrogen and oxygen atoms in total. The van der Waals surface area contributed by atoms with Crippen LogP contribution < -0.4 is 0 Å². The van der Waals surface area contributed by atoms with Gasteiger partial charge in [0.25, 0.3) is 0 Å². The second-order valence-electron chi connectivity index (χ2n) is 8.04. The van der Waals surface area contributed by atoms with E-state index in [1.54, 1.807) is 6.92 Å². The first-order valence-electron chi connectivity index (χ1n) is 9.42. The van der Waals surface area contributed by atoms with E-state index in [-0.39, 0.29) is 28.7 Å². The quantitative estimate of drug-likeness (QED) is 0.610. The molecule has 2 saturated carbocycles. The maximum Gasteiger partial charge on any atom is 0.148 e. The Bertz CT molecular complexity index is 801. The summed E-state index contributed by atoms with van der Waals surface area (Å²) >= 11 is 0. The molecule has 3 heteroatoms. The zero-order valence-corrected chi connectivity index (χ0v) is 16.1. The molecule has 0 saturated heterocycles. The maximum atomic E-state index is 12.9. The average molecular weight is 350 g/mol. The fraction of sp³-hybridized carbons (Fsp3) is 0.522. The summed E-state index contributed by atoms with van der Waals surface area (Å²) in [6, 6.07) is 3.92. The number of benzene rings is 1. The summed E-state index contributed by atoms with van der Waals surface area (Å²) in [6.45, 7) is 7.57. The van der Waals surface area contributed by atoms with Crippen molar-refractivity contribution in [2.24, 2.45) is 11.3 Å². The lowest BCUT2D eigenvalue weighted by atomic mass is 9.52. The normalized spacial score (nSPS) is 27.7. The highest BCUT2D eigenvalue weighted by Gasteiger charge is 2.53. The van der Waals surface area contributed by atoms with E-state index in [1.165, 1.54) is 0 Å². The summed E-state index contributed by atoms with van der Waals surface area (Å²) in [5.41, 5.74) is 3.43. The van der Waals surface area contributed by atoms with Crippen LogP contribution in [-0.2, 0) is 14.4 Å². The predicted molar refractivity (Wildman–Crippen MR) is 101 cm³/mol. The van der Waals surface area contributed by atoms with Crippen molar-refractivity contribution in [3.8, 4) is 11.8 Å². The minimum Gasteiger partial charge on any atom is -0.299 e. The number of Topliss-reactive ketones (excluding diaryl/α,β-unsaturated/α-hetero) is 3.